The second-order valence-corrected chi connectivity index (χ2v) is 8.82. The highest BCUT2D eigenvalue weighted by Gasteiger charge is 2.09. The molecule has 5 aromatic rings. The zero-order valence-corrected chi connectivity index (χ0v) is 20.1. The standard InChI is InChI=1S/C30H30N4O2/c35-23-33-17-9-29(10-18-33)27-5-13-31(14-6-27)21-25-1-2-26(4-3-25)22-32-15-7-28(8-16-32)30-11-19-34(24-36)20-12-30/h1-20,35-36H,21-24H2/q+4. The molecular formula is C30H30N4O2+4. The minimum absolute atomic E-state index is 0.0141. The first kappa shape index (κ1) is 23.5. The Labute approximate surface area is 210 Å². The van der Waals surface area contributed by atoms with Crippen LogP contribution in [0, 0.1) is 0 Å². The fraction of sp³-hybridized carbons (Fsp3) is 0.133. The predicted molar refractivity (Wildman–Crippen MR) is 134 cm³/mol. The largest absolute Gasteiger partial charge is 0.339 e. The highest BCUT2D eigenvalue weighted by Crippen LogP contribution is 2.17. The third-order valence-corrected chi connectivity index (χ3v) is 6.31. The van der Waals surface area contributed by atoms with Crippen LogP contribution in [0.15, 0.2) is 122 Å². The van der Waals surface area contributed by atoms with Crippen LogP contribution in [0.4, 0.5) is 0 Å². The number of rotatable bonds is 8. The molecule has 1 aromatic carbocycles. The monoisotopic (exact) mass is 478 g/mol. The SMILES string of the molecule is OC[n+]1ccc(-c2cc[n+](Cc3ccc(C[n+]4ccc(-c5cc[n+](CO)cc5)cc4)cc3)cc2)cc1. The predicted octanol–water partition coefficient (Wildman–Crippen LogP) is 2.17. The Morgan fingerprint density at radius 3 is 0.861 bits per heavy atom. The smallest absolute Gasteiger partial charge is 0.250 e. The summed E-state index contributed by atoms with van der Waals surface area (Å²) in [6.07, 6.45) is 15.9. The number of aromatic nitrogens is 4. The number of nitrogens with zero attached hydrogens (tertiary/aromatic N) is 4. The first-order valence-corrected chi connectivity index (χ1v) is 12.0. The van der Waals surface area contributed by atoms with Crippen LogP contribution in [-0.2, 0) is 26.6 Å². The van der Waals surface area contributed by atoms with E-state index in [1.807, 2.05) is 49.1 Å². The van der Waals surface area contributed by atoms with Crippen LogP contribution in [0.5, 0.6) is 0 Å². The van der Waals surface area contributed by atoms with E-state index >= 15 is 0 Å². The van der Waals surface area contributed by atoms with Gasteiger partial charge in [0.1, 0.15) is 0 Å². The molecule has 0 saturated heterocycles. The molecule has 6 nitrogen and oxygen atoms in total. The van der Waals surface area contributed by atoms with E-state index in [-0.39, 0.29) is 13.5 Å². The molecule has 0 fully saturated rings. The molecule has 4 heterocycles. The summed E-state index contributed by atoms with van der Waals surface area (Å²) in [5.41, 5.74) is 7.06. The lowest BCUT2D eigenvalue weighted by Gasteiger charge is -2.03. The van der Waals surface area contributed by atoms with Crippen molar-refractivity contribution in [3.8, 4) is 22.3 Å². The quantitative estimate of drug-likeness (QED) is 0.336. The van der Waals surface area contributed by atoms with Gasteiger partial charge in [0, 0.05) is 59.7 Å². The summed E-state index contributed by atoms with van der Waals surface area (Å²) in [6, 6.07) is 25.3. The summed E-state index contributed by atoms with van der Waals surface area (Å²) in [4.78, 5) is 0. The van der Waals surface area contributed by atoms with Gasteiger partial charge in [0.2, 0.25) is 13.5 Å². The van der Waals surface area contributed by atoms with Gasteiger partial charge in [-0.25, -0.2) is 9.13 Å². The number of hydrogen-bond acceptors (Lipinski definition) is 2. The molecule has 36 heavy (non-hydrogen) atoms. The fourth-order valence-corrected chi connectivity index (χ4v) is 4.17. The van der Waals surface area contributed by atoms with E-state index in [4.69, 9.17) is 0 Å². The van der Waals surface area contributed by atoms with Gasteiger partial charge in [-0.15, -0.1) is 0 Å². The summed E-state index contributed by atoms with van der Waals surface area (Å²) in [7, 11) is 0. The minimum atomic E-state index is -0.0141. The van der Waals surface area contributed by atoms with E-state index in [1.54, 1.807) is 9.13 Å². The molecule has 0 atom stereocenters. The number of aliphatic hydroxyl groups excluding tert-OH is 2. The van der Waals surface area contributed by atoms with Crippen LogP contribution in [0.25, 0.3) is 22.3 Å². The lowest BCUT2D eigenvalue weighted by atomic mass is 10.1. The highest BCUT2D eigenvalue weighted by atomic mass is 16.3. The van der Waals surface area contributed by atoms with Gasteiger partial charge in [0.15, 0.2) is 62.7 Å². The summed E-state index contributed by atoms with van der Waals surface area (Å²) in [6.45, 7) is 1.60. The van der Waals surface area contributed by atoms with E-state index < -0.39 is 0 Å². The van der Waals surface area contributed by atoms with E-state index in [9.17, 15) is 10.2 Å². The fourth-order valence-electron chi connectivity index (χ4n) is 4.17. The second-order valence-electron chi connectivity index (χ2n) is 8.82. The maximum Gasteiger partial charge on any atom is 0.250 e. The molecule has 0 amide bonds. The molecule has 0 aliphatic heterocycles. The van der Waals surface area contributed by atoms with Crippen molar-refractivity contribution in [2.24, 2.45) is 0 Å². The Morgan fingerprint density at radius 1 is 0.361 bits per heavy atom. The summed E-state index contributed by atoms with van der Waals surface area (Å²) >= 11 is 0. The number of benzene rings is 1. The Balaban J connectivity index is 1.19. The van der Waals surface area contributed by atoms with Crippen molar-refractivity contribution in [3.05, 3.63) is 133 Å². The molecule has 6 heteroatoms. The number of pyridine rings is 4. The lowest BCUT2D eigenvalue weighted by molar-refractivity contribution is -0.730. The van der Waals surface area contributed by atoms with Crippen molar-refractivity contribution in [1.82, 2.24) is 0 Å². The van der Waals surface area contributed by atoms with Crippen LogP contribution in [0.3, 0.4) is 0 Å². The Morgan fingerprint density at radius 2 is 0.611 bits per heavy atom. The molecule has 0 aliphatic rings. The highest BCUT2D eigenvalue weighted by molar-refractivity contribution is 5.61. The molecule has 0 unspecified atom stereocenters. The van der Waals surface area contributed by atoms with Crippen LogP contribution in [0.2, 0.25) is 0 Å². The number of aliphatic hydroxyl groups is 2. The first-order chi connectivity index (χ1) is 17.7. The molecule has 178 valence electrons. The normalized spacial score (nSPS) is 10.9. The third kappa shape index (κ3) is 5.68. The van der Waals surface area contributed by atoms with Gasteiger partial charge in [-0.1, -0.05) is 24.3 Å². The van der Waals surface area contributed by atoms with Gasteiger partial charge in [0.05, 0.1) is 0 Å². The molecule has 0 radical (unpaired) electrons. The molecule has 0 saturated carbocycles. The van der Waals surface area contributed by atoms with Crippen LogP contribution in [-0.4, -0.2) is 10.2 Å². The van der Waals surface area contributed by atoms with Gasteiger partial charge < -0.3 is 10.2 Å². The van der Waals surface area contributed by atoms with Crippen molar-refractivity contribution >= 4 is 0 Å². The molecule has 2 N–H and O–H groups in total. The van der Waals surface area contributed by atoms with E-state index in [1.165, 1.54) is 11.1 Å². The Bertz CT molecular complexity index is 1290. The molecule has 0 aliphatic carbocycles. The van der Waals surface area contributed by atoms with Gasteiger partial charge in [-0.2, -0.15) is 9.13 Å². The molecule has 5 rings (SSSR count). The third-order valence-electron chi connectivity index (χ3n) is 6.31. The Hall–Kier alpha value is -4.26. The van der Waals surface area contributed by atoms with Crippen LogP contribution >= 0.6 is 0 Å². The summed E-state index contributed by atoms with van der Waals surface area (Å²) < 4.78 is 7.80. The van der Waals surface area contributed by atoms with Crippen LogP contribution < -0.4 is 18.3 Å². The van der Waals surface area contributed by atoms with Crippen molar-refractivity contribution < 1.29 is 28.5 Å². The average molecular weight is 479 g/mol. The summed E-state index contributed by atoms with van der Waals surface area (Å²) in [5, 5.41) is 18.4. The number of hydrogen-bond donors (Lipinski definition) is 2. The zero-order chi connectivity index (χ0) is 24.7. The maximum absolute atomic E-state index is 9.18. The van der Waals surface area contributed by atoms with Gasteiger partial charge >= 0.3 is 0 Å². The summed E-state index contributed by atoms with van der Waals surface area (Å²) in [5.74, 6) is 0. The second kappa shape index (κ2) is 11.0. The Kier molecular flexibility index (Phi) is 7.17. The minimum Gasteiger partial charge on any atom is -0.339 e. The molecule has 0 spiro atoms. The first-order valence-electron chi connectivity index (χ1n) is 12.0. The van der Waals surface area contributed by atoms with Crippen molar-refractivity contribution in [1.29, 1.82) is 0 Å². The van der Waals surface area contributed by atoms with Crippen molar-refractivity contribution in [2.45, 2.75) is 26.6 Å². The lowest BCUT2D eigenvalue weighted by Crippen LogP contribution is -2.34. The average Bonchev–Trinajstić information content (AvgIpc) is 2.95. The van der Waals surface area contributed by atoms with Crippen LogP contribution in [0.1, 0.15) is 11.1 Å². The van der Waals surface area contributed by atoms with Gasteiger partial charge in [-0.3, -0.25) is 0 Å². The van der Waals surface area contributed by atoms with E-state index in [0.29, 0.717) is 0 Å². The topological polar surface area (TPSA) is 56.0 Å². The molecule has 4 aromatic heterocycles. The maximum atomic E-state index is 9.18. The molecular weight excluding hydrogens is 448 g/mol. The molecule has 0 bridgehead atoms. The van der Waals surface area contributed by atoms with E-state index in [0.717, 1.165) is 35.3 Å². The van der Waals surface area contributed by atoms with Crippen molar-refractivity contribution in [2.75, 3.05) is 0 Å². The zero-order valence-electron chi connectivity index (χ0n) is 20.1. The van der Waals surface area contributed by atoms with Gasteiger partial charge in [-0.05, 0) is 22.3 Å². The van der Waals surface area contributed by atoms with Gasteiger partial charge in [0.25, 0.3) is 0 Å². The van der Waals surface area contributed by atoms with E-state index in [2.05, 4.69) is 82.5 Å². The van der Waals surface area contributed by atoms with Crippen molar-refractivity contribution in [3.63, 3.8) is 0 Å².